The maximum absolute atomic E-state index is 13.0. The number of benzene rings is 1. The number of carbonyl (C=O) groups excluding carboxylic acids is 2. The predicted octanol–water partition coefficient (Wildman–Crippen LogP) is 15.7. The molecule has 0 saturated carbocycles. The summed E-state index contributed by atoms with van der Waals surface area (Å²) in [7, 11) is -4.57. The van der Waals surface area contributed by atoms with Crippen LogP contribution in [0.2, 0.25) is 0 Å². The molecule has 0 radical (unpaired) electrons. The van der Waals surface area contributed by atoms with Crippen LogP contribution in [0, 0.1) is 0 Å². The lowest BCUT2D eigenvalue weighted by Crippen LogP contribution is -2.16. The van der Waals surface area contributed by atoms with Crippen molar-refractivity contribution in [1.82, 2.24) is 0 Å². The Balaban J connectivity index is 2.18. The van der Waals surface area contributed by atoms with Gasteiger partial charge in [0.1, 0.15) is 0 Å². The first-order chi connectivity index (χ1) is 28.3. The van der Waals surface area contributed by atoms with Gasteiger partial charge in [0.05, 0.1) is 29.2 Å². The second kappa shape index (κ2) is 38.7. The number of carbonyl (C=O) groups is 2. The molecule has 0 aromatic heterocycles. The van der Waals surface area contributed by atoms with Gasteiger partial charge in [0.15, 0.2) is 0 Å². The minimum atomic E-state index is -4.57. The van der Waals surface area contributed by atoms with E-state index in [2.05, 4.69) is 38.2 Å². The number of unbranched alkanes of at least 4 members (excludes halogenated alkanes) is 30. The molecule has 0 saturated heterocycles. The minimum Gasteiger partial charge on any atom is -0.462 e. The van der Waals surface area contributed by atoms with E-state index in [0.29, 0.717) is 12.8 Å². The zero-order chi connectivity index (χ0) is 42.2. The number of ether oxygens (including phenoxy) is 2. The third-order valence-corrected chi connectivity index (χ3v) is 11.9. The van der Waals surface area contributed by atoms with E-state index in [9.17, 15) is 22.6 Å². The summed E-state index contributed by atoms with van der Waals surface area (Å²) >= 11 is 0. The Bertz CT molecular complexity index is 1300. The van der Waals surface area contributed by atoms with E-state index in [-0.39, 0.29) is 24.3 Å². The van der Waals surface area contributed by atoms with Crippen molar-refractivity contribution in [2.45, 2.75) is 237 Å². The molecule has 1 aromatic carbocycles. The van der Waals surface area contributed by atoms with Crippen molar-refractivity contribution in [2.75, 3.05) is 13.2 Å². The Morgan fingerprint density at radius 2 is 0.741 bits per heavy atom. The molecule has 0 heterocycles. The zero-order valence-electron chi connectivity index (χ0n) is 37.3. The summed E-state index contributed by atoms with van der Waals surface area (Å²) in [6.45, 7) is 4.91. The minimum absolute atomic E-state index is 0.0644. The van der Waals surface area contributed by atoms with Crippen molar-refractivity contribution in [3.8, 4) is 0 Å². The summed E-state index contributed by atoms with van der Waals surface area (Å²) in [5.41, 5.74) is -0.279. The van der Waals surface area contributed by atoms with Gasteiger partial charge in [0.25, 0.3) is 10.1 Å². The molecule has 0 atom stereocenters. The van der Waals surface area contributed by atoms with E-state index in [1.807, 2.05) is 0 Å². The van der Waals surface area contributed by atoms with Gasteiger partial charge in [0, 0.05) is 0 Å². The molecule has 0 amide bonds. The molecule has 0 aliphatic heterocycles. The lowest BCUT2D eigenvalue weighted by Gasteiger charge is -2.11. The van der Waals surface area contributed by atoms with Gasteiger partial charge in [-0.05, 0) is 82.4 Å². The fourth-order valence-electron chi connectivity index (χ4n) is 7.28. The molecule has 0 fully saturated rings. The van der Waals surface area contributed by atoms with Gasteiger partial charge < -0.3 is 9.47 Å². The van der Waals surface area contributed by atoms with E-state index in [1.165, 1.54) is 160 Å². The highest BCUT2D eigenvalue weighted by Gasteiger charge is 2.23. The molecule has 0 bridgehead atoms. The van der Waals surface area contributed by atoms with Gasteiger partial charge in [-0.25, -0.2) is 9.59 Å². The SMILES string of the molecule is CCCCCCCCCCC/C=C/CCCCCCCCOC(=O)c1ccc(S(=O)(=O)O)cc1C(=O)OCCCCCCCC/C=C/CCCCCCCCCCC. The molecule has 58 heavy (non-hydrogen) atoms. The molecule has 1 rings (SSSR count). The molecule has 8 heteroatoms. The van der Waals surface area contributed by atoms with Crippen molar-refractivity contribution in [1.29, 1.82) is 0 Å². The molecular formula is C50H86O7S. The molecule has 7 nitrogen and oxygen atoms in total. The first-order valence-electron chi connectivity index (χ1n) is 24.1. The number of allylic oxidation sites excluding steroid dienone is 4. The molecular weight excluding hydrogens is 745 g/mol. The first kappa shape index (κ1) is 53.6. The van der Waals surface area contributed by atoms with Crippen molar-refractivity contribution in [2.24, 2.45) is 0 Å². The van der Waals surface area contributed by atoms with Gasteiger partial charge in [-0.1, -0.05) is 192 Å². The van der Waals surface area contributed by atoms with Crippen LogP contribution in [0.4, 0.5) is 0 Å². The summed E-state index contributed by atoms with van der Waals surface area (Å²) in [4.78, 5) is 25.4. The summed E-state index contributed by atoms with van der Waals surface area (Å²) in [5.74, 6) is -1.51. The second-order valence-electron chi connectivity index (χ2n) is 16.5. The van der Waals surface area contributed by atoms with Gasteiger partial charge in [-0.2, -0.15) is 8.42 Å². The molecule has 334 valence electrons. The highest BCUT2D eigenvalue weighted by Crippen LogP contribution is 2.20. The quantitative estimate of drug-likeness (QED) is 0.0303. The lowest BCUT2D eigenvalue weighted by atomic mass is 10.1. The maximum Gasteiger partial charge on any atom is 0.339 e. The third-order valence-electron chi connectivity index (χ3n) is 11.0. The standard InChI is InChI=1S/C50H86O7S/c1-3-5-7-9-11-13-15-17-19-21-23-25-27-29-31-33-35-37-39-43-56-49(51)47-42-41-46(58(53,54)55)45-48(47)50(52)57-44-40-38-36-34-32-30-28-26-24-22-20-18-16-14-12-10-8-6-4-2/h23-26,41-42,45H,3-22,27-40,43-44H2,1-2H3,(H,53,54,55)/b25-23+,26-24+. The maximum atomic E-state index is 13.0. The third kappa shape index (κ3) is 31.5. The predicted molar refractivity (Wildman–Crippen MR) is 243 cm³/mol. The topological polar surface area (TPSA) is 107 Å². The highest BCUT2D eigenvalue weighted by atomic mass is 32.2. The van der Waals surface area contributed by atoms with Crippen LogP contribution in [0.25, 0.3) is 0 Å². The van der Waals surface area contributed by atoms with Crippen LogP contribution in [0.5, 0.6) is 0 Å². The number of esters is 2. The Morgan fingerprint density at radius 1 is 0.448 bits per heavy atom. The summed E-state index contributed by atoms with van der Waals surface area (Å²) < 4.78 is 44.0. The normalized spacial score (nSPS) is 11.9. The fraction of sp³-hybridized carbons (Fsp3) is 0.760. The second-order valence-corrected chi connectivity index (χ2v) is 17.9. The first-order valence-corrected chi connectivity index (χ1v) is 25.5. The van der Waals surface area contributed by atoms with E-state index in [0.717, 1.165) is 63.5 Å². The smallest absolute Gasteiger partial charge is 0.339 e. The summed E-state index contributed by atoms with van der Waals surface area (Å²) in [6.07, 6.45) is 50.9. The van der Waals surface area contributed by atoms with Crippen LogP contribution in [0.1, 0.15) is 253 Å². The summed E-state index contributed by atoms with van der Waals surface area (Å²) in [6, 6.07) is 3.30. The number of hydrogen-bond acceptors (Lipinski definition) is 6. The van der Waals surface area contributed by atoms with Gasteiger partial charge >= 0.3 is 11.9 Å². The molecule has 0 unspecified atom stereocenters. The molecule has 0 aliphatic rings. The Hall–Kier alpha value is -2.45. The average Bonchev–Trinajstić information content (AvgIpc) is 3.21. The average molecular weight is 831 g/mol. The van der Waals surface area contributed by atoms with E-state index in [4.69, 9.17) is 9.47 Å². The van der Waals surface area contributed by atoms with Gasteiger partial charge in [-0.3, -0.25) is 4.55 Å². The van der Waals surface area contributed by atoms with Crippen molar-refractivity contribution < 1.29 is 32.0 Å². The number of rotatable bonds is 41. The van der Waals surface area contributed by atoms with E-state index >= 15 is 0 Å². The van der Waals surface area contributed by atoms with Crippen molar-refractivity contribution in [3.05, 3.63) is 53.6 Å². The van der Waals surface area contributed by atoms with Gasteiger partial charge in [0.2, 0.25) is 0 Å². The largest absolute Gasteiger partial charge is 0.462 e. The summed E-state index contributed by atoms with van der Waals surface area (Å²) in [5, 5.41) is 0. The molecule has 0 aliphatic carbocycles. The molecule has 0 spiro atoms. The Kier molecular flexibility index (Phi) is 35.8. The van der Waals surface area contributed by atoms with Crippen LogP contribution in [0.3, 0.4) is 0 Å². The fourth-order valence-corrected chi connectivity index (χ4v) is 7.78. The lowest BCUT2D eigenvalue weighted by molar-refractivity contribution is 0.0450. The van der Waals surface area contributed by atoms with E-state index in [1.54, 1.807) is 0 Å². The molecule has 1 aromatic rings. The van der Waals surface area contributed by atoms with Gasteiger partial charge in [-0.15, -0.1) is 0 Å². The van der Waals surface area contributed by atoms with Crippen LogP contribution in [0.15, 0.2) is 47.4 Å². The van der Waals surface area contributed by atoms with E-state index < -0.39 is 27.0 Å². The van der Waals surface area contributed by atoms with Crippen LogP contribution >= 0.6 is 0 Å². The Labute approximate surface area is 356 Å². The van der Waals surface area contributed by atoms with Crippen molar-refractivity contribution >= 4 is 22.1 Å². The highest BCUT2D eigenvalue weighted by molar-refractivity contribution is 7.85. The monoisotopic (exact) mass is 831 g/mol. The van der Waals surface area contributed by atoms with Crippen molar-refractivity contribution in [3.63, 3.8) is 0 Å². The van der Waals surface area contributed by atoms with Crippen LogP contribution < -0.4 is 0 Å². The van der Waals surface area contributed by atoms with Crippen LogP contribution in [-0.2, 0) is 19.6 Å². The Morgan fingerprint density at radius 3 is 1.07 bits per heavy atom. The molecule has 1 N–H and O–H groups in total. The zero-order valence-corrected chi connectivity index (χ0v) is 38.1. The number of hydrogen-bond donors (Lipinski definition) is 1. The van der Waals surface area contributed by atoms with Crippen LogP contribution in [-0.4, -0.2) is 38.1 Å².